The van der Waals surface area contributed by atoms with Crippen molar-refractivity contribution in [1.82, 2.24) is 14.9 Å². The molecule has 5 heteroatoms. The highest BCUT2D eigenvalue weighted by Crippen LogP contribution is 2.14. The molecule has 0 aliphatic carbocycles. The summed E-state index contributed by atoms with van der Waals surface area (Å²) in [7, 11) is 0. The van der Waals surface area contributed by atoms with Crippen LogP contribution < -0.4 is 4.90 Å². The zero-order valence-corrected chi connectivity index (χ0v) is 12.5. The van der Waals surface area contributed by atoms with Crippen LogP contribution in [0.15, 0.2) is 29.4 Å². The van der Waals surface area contributed by atoms with E-state index in [4.69, 9.17) is 0 Å². The van der Waals surface area contributed by atoms with Gasteiger partial charge in [0.05, 0.1) is 6.21 Å². The summed E-state index contributed by atoms with van der Waals surface area (Å²) >= 11 is 0. The Morgan fingerprint density at radius 2 is 1.60 bits per heavy atom. The first-order chi connectivity index (χ1) is 9.65. The van der Waals surface area contributed by atoms with E-state index in [2.05, 4.69) is 58.3 Å². The Morgan fingerprint density at radius 1 is 1.05 bits per heavy atom. The quantitative estimate of drug-likeness (QED) is 0.785. The highest BCUT2D eigenvalue weighted by molar-refractivity contribution is 5.80. The van der Waals surface area contributed by atoms with E-state index in [9.17, 15) is 0 Å². The van der Waals surface area contributed by atoms with Crippen molar-refractivity contribution in [1.29, 1.82) is 0 Å². The summed E-state index contributed by atoms with van der Waals surface area (Å²) in [5.74, 6) is 1.58. The maximum atomic E-state index is 4.40. The summed E-state index contributed by atoms with van der Waals surface area (Å²) in [4.78, 5) is 2.31. The van der Waals surface area contributed by atoms with Crippen molar-refractivity contribution in [2.75, 3.05) is 18.0 Å². The number of hydrogen-bond donors (Lipinski definition) is 0. The second kappa shape index (κ2) is 6.32. The topological polar surface area (TPSA) is 46.3 Å². The number of anilines is 1. The molecular weight excluding hydrogens is 250 g/mol. The van der Waals surface area contributed by atoms with Crippen LogP contribution in [0.1, 0.15) is 31.1 Å². The minimum Gasteiger partial charge on any atom is -0.372 e. The Labute approximate surface area is 119 Å². The fourth-order valence-corrected chi connectivity index (χ4v) is 2.12. The molecule has 0 bridgehead atoms. The van der Waals surface area contributed by atoms with Gasteiger partial charge in [-0.2, -0.15) is 5.10 Å². The Kier molecular flexibility index (Phi) is 4.50. The second-order valence-corrected chi connectivity index (χ2v) is 4.61. The van der Waals surface area contributed by atoms with Gasteiger partial charge in [-0.1, -0.05) is 12.1 Å². The molecule has 5 nitrogen and oxygen atoms in total. The van der Waals surface area contributed by atoms with Crippen molar-refractivity contribution in [2.24, 2.45) is 5.10 Å². The van der Waals surface area contributed by atoms with Gasteiger partial charge in [0.2, 0.25) is 0 Å². The van der Waals surface area contributed by atoms with Crippen LogP contribution in [0.2, 0.25) is 0 Å². The van der Waals surface area contributed by atoms with E-state index in [1.54, 1.807) is 4.68 Å². The molecule has 20 heavy (non-hydrogen) atoms. The van der Waals surface area contributed by atoms with Gasteiger partial charge in [-0.3, -0.25) is 0 Å². The van der Waals surface area contributed by atoms with Gasteiger partial charge < -0.3 is 4.90 Å². The lowest BCUT2D eigenvalue weighted by Gasteiger charge is -2.20. The van der Waals surface area contributed by atoms with Crippen molar-refractivity contribution < 1.29 is 0 Å². The molecule has 2 aromatic rings. The Hall–Kier alpha value is -2.17. The van der Waals surface area contributed by atoms with Crippen molar-refractivity contribution in [3.8, 4) is 0 Å². The number of hydrogen-bond acceptors (Lipinski definition) is 4. The third-order valence-corrected chi connectivity index (χ3v) is 3.30. The number of nitrogens with zero attached hydrogens (tertiary/aromatic N) is 5. The number of benzene rings is 1. The molecule has 0 aliphatic heterocycles. The molecule has 0 N–H and O–H groups in total. The van der Waals surface area contributed by atoms with Crippen molar-refractivity contribution in [3.05, 3.63) is 41.5 Å². The van der Waals surface area contributed by atoms with E-state index in [-0.39, 0.29) is 0 Å². The minimum atomic E-state index is 0.790. The summed E-state index contributed by atoms with van der Waals surface area (Å²) in [6, 6.07) is 8.40. The van der Waals surface area contributed by atoms with Gasteiger partial charge in [-0.15, -0.1) is 10.2 Å². The second-order valence-electron chi connectivity index (χ2n) is 4.61. The maximum Gasteiger partial charge on any atom is 0.151 e. The molecule has 2 rings (SSSR count). The third-order valence-electron chi connectivity index (χ3n) is 3.30. The van der Waals surface area contributed by atoms with Gasteiger partial charge in [-0.25, -0.2) is 4.68 Å². The molecule has 0 radical (unpaired) electrons. The first kappa shape index (κ1) is 14.2. The molecule has 1 aromatic carbocycles. The van der Waals surface area contributed by atoms with Crippen LogP contribution in [-0.2, 0) is 0 Å². The summed E-state index contributed by atoms with van der Waals surface area (Å²) in [5.41, 5.74) is 2.30. The van der Waals surface area contributed by atoms with Gasteiger partial charge in [0.25, 0.3) is 0 Å². The molecule has 1 heterocycles. The van der Waals surface area contributed by atoms with Crippen molar-refractivity contribution >= 4 is 11.9 Å². The lowest BCUT2D eigenvalue weighted by molar-refractivity contribution is 0.799. The van der Waals surface area contributed by atoms with Crippen LogP contribution in [0, 0.1) is 13.8 Å². The van der Waals surface area contributed by atoms with Gasteiger partial charge in [0.15, 0.2) is 11.6 Å². The summed E-state index contributed by atoms with van der Waals surface area (Å²) in [6.07, 6.45) is 1.83. The smallest absolute Gasteiger partial charge is 0.151 e. The van der Waals surface area contributed by atoms with E-state index in [1.807, 2.05) is 20.1 Å². The van der Waals surface area contributed by atoms with Crippen molar-refractivity contribution in [2.45, 2.75) is 27.7 Å². The molecule has 0 fully saturated rings. The highest BCUT2D eigenvalue weighted by atomic mass is 15.4. The van der Waals surface area contributed by atoms with E-state index in [0.717, 1.165) is 30.3 Å². The minimum absolute atomic E-state index is 0.790. The molecule has 0 saturated heterocycles. The summed E-state index contributed by atoms with van der Waals surface area (Å²) < 4.78 is 1.73. The Balaban J connectivity index is 2.15. The highest BCUT2D eigenvalue weighted by Gasteiger charge is 2.02. The molecule has 0 spiro atoms. The molecule has 106 valence electrons. The normalized spacial score (nSPS) is 11.2. The van der Waals surface area contributed by atoms with E-state index < -0.39 is 0 Å². The Morgan fingerprint density at radius 3 is 2.10 bits per heavy atom. The predicted molar refractivity (Wildman–Crippen MR) is 82.5 cm³/mol. The van der Waals surface area contributed by atoms with Crippen LogP contribution in [-0.4, -0.2) is 34.2 Å². The molecule has 0 saturated carbocycles. The SMILES string of the molecule is CCN(CC)c1ccc(C=Nn2c(C)nnc2C)cc1. The summed E-state index contributed by atoms with van der Waals surface area (Å²) in [6.45, 7) is 10.1. The lowest BCUT2D eigenvalue weighted by Crippen LogP contribution is -2.21. The predicted octanol–water partition coefficient (Wildman–Crippen LogP) is 2.62. The van der Waals surface area contributed by atoms with Gasteiger partial charge in [-0.05, 0) is 45.4 Å². The summed E-state index contributed by atoms with van der Waals surface area (Å²) in [5, 5.41) is 12.4. The lowest BCUT2D eigenvalue weighted by atomic mass is 10.2. The van der Waals surface area contributed by atoms with E-state index >= 15 is 0 Å². The van der Waals surface area contributed by atoms with Gasteiger partial charge in [0, 0.05) is 18.8 Å². The number of rotatable bonds is 5. The van der Waals surface area contributed by atoms with Crippen LogP contribution in [0.25, 0.3) is 0 Å². The van der Waals surface area contributed by atoms with E-state index in [0.29, 0.717) is 0 Å². The van der Waals surface area contributed by atoms with Crippen molar-refractivity contribution in [3.63, 3.8) is 0 Å². The third kappa shape index (κ3) is 3.04. The number of aromatic nitrogens is 3. The van der Waals surface area contributed by atoms with Gasteiger partial charge in [0.1, 0.15) is 0 Å². The Bertz CT molecular complexity index is 559. The molecule has 1 aromatic heterocycles. The maximum absolute atomic E-state index is 4.40. The van der Waals surface area contributed by atoms with Gasteiger partial charge >= 0.3 is 0 Å². The first-order valence-electron chi connectivity index (χ1n) is 6.93. The van der Waals surface area contributed by atoms with E-state index in [1.165, 1.54) is 5.69 Å². The fraction of sp³-hybridized carbons (Fsp3) is 0.400. The monoisotopic (exact) mass is 271 g/mol. The first-order valence-corrected chi connectivity index (χ1v) is 6.93. The zero-order chi connectivity index (χ0) is 14.5. The number of aryl methyl sites for hydroxylation is 2. The average Bonchev–Trinajstić information content (AvgIpc) is 2.78. The standard InChI is InChI=1S/C15H21N5/c1-5-19(6-2)15-9-7-14(8-10-15)11-16-20-12(3)17-18-13(20)4/h7-11H,5-6H2,1-4H3. The van der Waals surface area contributed by atoms with Crippen LogP contribution >= 0.6 is 0 Å². The molecule has 0 amide bonds. The van der Waals surface area contributed by atoms with Crippen LogP contribution in [0.4, 0.5) is 5.69 Å². The average molecular weight is 271 g/mol. The van der Waals surface area contributed by atoms with Crippen LogP contribution in [0.3, 0.4) is 0 Å². The molecule has 0 unspecified atom stereocenters. The molecular formula is C15H21N5. The molecule has 0 aliphatic rings. The zero-order valence-electron chi connectivity index (χ0n) is 12.5. The van der Waals surface area contributed by atoms with Crippen LogP contribution in [0.5, 0.6) is 0 Å². The molecule has 0 atom stereocenters. The largest absolute Gasteiger partial charge is 0.372 e. The fourth-order valence-electron chi connectivity index (χ4n) is 2.12.